The number of carbonyl (C=O) groups excluding carboxylic acids is 2. The number of nitrogens with one attached hydrogen (secondary N) is 2. The molecule has 5 nitrogen and oxygen atoms in total. The highest BCUT2D eigenvalue weighted by atomic mass is 35.5. The smallest absolute Gasteiger partial charge is 0.279 e. The molecule has 2 aliphatic rings. The van der Waals surface area contributed by atoms with Crippen molar-refractivity contribution in [2.24, 2.45) is 0 Å². The number of quaternary nitrogens is 1. The average molecular weight is 337 g/mol. The molecule has 4 N–H and O–H groups in total. The van der Waals surface area contributed by atoms with Gasteiger partial charge in [0.15, 0.2) is 6.04 Å². The molecule has 0 bridgehead atoms. The third kappa shape index (κ3) is 3.85. The van der Waals surface area contributed by atoms with Crippen molar-refractivity contribution in [2.75, 3.05) is 5.32 Å². The second kappa shape index (κ2) is 6.89. The number of amides is 2. The summed E-state index contributed by atoms with van der Waals surface area (Å²) in [5.41, 5.74) is 1.65. The molecule has 23 heavy (non-hydrogen) atoms. The van der Waals surface area contributed by atoms with Gasteiger partial charge in [0.05, 0.1) is 12.5 Å². The van der Waals surface area contributed by atoms with Crippen LogP contribution in [0, 0.1) is 6.92 Å². The maximum Gasteiger partial charge on any atom is 0.279 e. The lowest BCUT2D eigenvalue weighted by molar-refractivity contribution is -0.718. The van der Waals surface area contributed by atoms with Crippen LogP contribution in [0.5, 0.6) is 0 Å². The summed E-state index contributed by atoms with van der Waals surface area (Å²) in [5.74, 6) is -0.174. The predicted octanol–water partition coefficient (Wildman–Crippen LogP) is 1.35. The van der Waals surface area contributed by atoms with Gasteiger partial charge in [-0.3, -0.25) is 9.59 Å². The lowest BCUT2D eigenvalue weighted by atomic mass is 9.87. The summed E-state index contributed by atoms with van der Waals surface area (Å²) in [6.07, 6.45) is 4.72. The fourth-order valence-corrected chi connectivity index (χ4v) is 3.71. The number of benzene rings is 1. The van der Waals surface area contributed by atoms with Crippen LogP contribution in [-0.2, 0) is 9.59 Å². The summed E-state index contributed by atoms with van der Waals surface area (Å²) < 4.78 is 0. The van der Waals surface area contributed by atoms with Crippen LogP contribution in [0.15, 0.2) is 18.2 Å². The Bertz CT molecular complexity index is 620. The van der Waals surface area contributed by atoms with Gasteiger partial charge < -0.3 is 16.0 Å². The highest BCUT2D eigenvalue weighted by Crippen LogP contribution is 2.21. The van der Waals surface area contributed by atoms with E-state index in [4.69, 9.17) is 11.6 Å². The van der Waals surface area contributed by atoms with Gasteiger partial charge in [-0.15, -0.1) is 0 Å². The largest absolute Gasteiger partial charge is 0.342 e. The number of carbonyl (C=O) groups is 2. The molecule has 1 saturated carbocycles. The number of aryl methyl sites for hydroxylation is 1. The lowest BCUT2D eigenvalue weighted by Crippen LogP contribution is -3.03. The van der Waals surface area contributed by atoms with E-state index in [1.165, 1.54) is 12.8 Å². The van der Waals surface area contributed by atoms with Crippen LogP contribution in [0.25, 0.3) is 0 Å². The Labute approximate surface area is 141 Å². The number of piperazine rings is 1. The van der Waals surface area contributed by atoms with Crippen molar-refractivity contribution < 1.29 is 14.9 Å². The molecule has 0 spiro atoms. The number of rotatable bonds is 3. The molecule has 1 heterocycles. The fourth-order valence-electron chi connectivity index (χ4n) is 3.54. The summed E-state index contributed by atoms with van der Waals surface area (Å²) in [4.78, 5) is 24.5. The molecule has 2 amide bonds. The molecule has 1 aromatic rings. The Kier molecular flexibility index (Phi) is 4.87. The van der Waals surface area contributed by atoms with Crippen LogP contribution in [0.1, 0.15) is 37.7 Å². The summed E-state index contributed by atoms with van der Waals surface area (Å²) >= 11 is 5.97. The van der Waals surface area contributed by atoms with E-state index in [0.717, 1.165) is 18.4 Å². The van der Waals surface area contributed by atoms with Gasteiger partial charge in [-0.25, -0.2) is 0 Å². The molecular weight excluding hydrogens is 314 g/mol. The van der Waals surface area contributed by atoms with E-state index in [0.29, 0.717) is 16.8 Å². The first-order valence-electron chi connectivity index (χ1n) is 8.24. The van der Waals surface area contributed by atoms with Gasteiger partial charge in [0.25, 0.3) is 5.91 Å². The van der Waals surface area contributed by atoms with Gasteiger partial charge in [-0.2, -0.15) is 0 Å². The second-order valence-electron chi connectivity index (χ2n) is 6.57. The minimum Gasteiger partial charge on any atom is -0.342 e. The normalized spacial score (nSPS) is 27.0. The van der Waals surface area contributed by atoms with Crippen LogP contribution < -0.4 is 16.0 Å². The van der Waals surface area contributed by atoms with Crippen molar-refractivity contribution in [2.45, 2.75) is 57.2 Å². The molecule has 2 fully saturated rings. The van der Waals surface area contributed by atoms with E-state index in [1.54, 1.807) is 12.1 Å². The molecule has 1 aliphatic heterocycles. The molecule has 3 rings (SSSR count). The van der Waals surface area contributed by atoms with Crippen LogP contribution in [0.3, 0.4) is 0 Å². The molecule has 1 aliphatic carbocycles. The zero-order valence-electron chi connectivity index (χ0n) is 13.3. The van der Waals surface area contributed by atoms with Gasteiger partial charge in [-0.05, 0) is 37.5 Å². The Morgan fingerprint density at radius 3 is 3.00 bits per heavy atom. The molecule has 0 unspecified atom stereocenters. The molecule has 0 radical (unpaired) electrons. The molecule has 6 heteroatoms. The quantitative estimate of drug-likeness (QED) is 0.779. The number of hydrogen-bond acceptors (Lipinski definition) is 2. The first-order valence-corrected chi connectivity index (χ1v) is 8.62. The highest BCUT2D eigenvalue weighted by molar-refractivity contribution is 6.31. The Hall–Kier alpha value is -1.59. The number of nitrogens with two attached hydrogens (primary N) is 1. The third-order valence-corrected chi connectivity index (χ3v) is 5.08. The molecular formula is C17H23ClN3O2+. The number of fused-ring (bicyclic) bond motifs is 1. The van der Waals surface area contributed by atoms with Crippen molar-refractivity contribution in [3.8, 4) is 0 Å². The predicted molar refractivity (Wildman–Crippen MR) is 89.3 cm³/mol. The van der Waals surface area contributed by atoms with Crippen molar-refractivity contribution in [3.63, 3.8) is 0 Å². The lowest BCUT2D eigenvalue weighted by Gasteiger charge is -2.37. The summed E-state index contributed by atoms with van der Waals surface area (Å²) in [6, 6.07) is 5.73. The summed E-state index contributed by atoms with van der Waals surface area (Å²) in [5, 5.41) is 8.63. The molecule has 0 aromatic heterocycles. The fraction of sp³-hybridized carbons (Fsp3) is 0.529. The van der Waals surface area contributed by atoms with Gasteiger partial charge in [0.1, 0.15) is 6.04 Å². The van der Waals surface area contributed by atoms with E-state index < -0.39 is 0 Å². The van der Waals surface area contributed by atoms with Gasteiger partial charge in [-0.1, -0.05) is 24.1 Å². The van der Waals surface area contributed by atoms with Gasteiger partial charge in [0, 0.05) is 17.1 Å². The average Bonchev–Trinajstić information content (AvgIpc) is 2.51. The molecule has 1 aromatic carbocycles. The van der Waals surface area contributed by atoms with Crippen molar-refractivity contribution in [3.05, 3.63) is 28.8 Å². The van der Waals surface area contributed by atoms with Crippen molar-refractivity contribution in [1.29, 1.82) is 0 Å². The van der Waals surface area contributed by atoms with Crippen LogP contribution in [0.4, 0.5) is 5.69 Å². The number of hydrogen-bond donors (Lipinski definition) is 3. The van der Waals surface area contributed by atoms with Crippen molar-refractivity contribution >= 4 is 29.1 Å². The Morgan fingerprint density at radius 1 is 1.39 bits per heavy atom. The van der Waals surface area contributed by atoms with Gasteiger partial charge in [0.2, 0.25) is 5.91 Å². The first kappa shape index (κ1) is 16.3. The monoisotopic (exact) mass is 336 g/mol. The maximum absolute atomic E-state index is 12.3. The Balaban J connectivity index is 1.61. The first-order chi connectivity index (χ1) is 11.0. The van der Waals surface area contributed by atoms with Crippen LogP contribution >= 0.6 is 11.6 Å². The van der Waals surface area contributed by atoms with Crippen LogP contribution in [-0.4, -0.2) is 29.9 Å². The Morgan fingerprint density at radius 2 is 2.17 bits per heavy atom. The SMILES string of the molecule is Cc1ccc(Cl)cc1NC(=O)C[C@H]1[NH2+][C@@H]2CCCC[C@@H]2NC1=O. The molecule has 3 atom stereocenters. The summed E-state index contributed by atoms with van der Waals surface area (Å²) in [6.45, 7) is 1.91. The minimum absolute atomic E-state index is 0.0221. The molecule has 124 valence electrons. The van der Waals surface area contributed by atoms with E-state index >= 15 is 0 Å². The van der Waals surface area contributed by atoms with E-state index in [1.807, 2.05) is 13.0 Å². The zero-order valence-corrected chi connectivity index (χ0v) is 14.0. The second-order valence-corrected chi connectivity index (χ2v) is 7.01. The number of anilines is 1. The topological polar surface area (TPSA) is 74.8 Å². The van der Waals surface area contributed by atoms with Crippen LogP contribution in [0.2, 0.25) is 5.02 Å². The van der Waals surface area contributed by atoms with Crippen molar-refractivity contribution in [1.82, 2.24) is 5.32 Å². The van der Waals surface area contributed by atoms with E-state index in [-0.39, 0.29) is 30.3 Å². The third-order valence-electron chi connectivity index (χ3n) is 4.84. The zero-order chi connectivity index (χ0) is 16.4. The van der Waals surface area contributed by atoms with Gasteiger partial charge >= 0.3 is 0 Å². The highest BCUT2D eigenvalue weighted by Gasteiger charge is 2.40. The maximum atomic E-state index is 12.3. The van der Waals surface area contributed by atoms with E-state index in [2.05, 4.69) is 16.0 Å². The number of halogens is 1. The minimum atomic E-state index is -0.339. The standard InChI is InChI=1S/C17H22ClN3O2/c1-10-6-7-11(18)8-14(10)20-16(22)9-15-17(23)21-13-5-3-2-4-12(13)19-15/h6-8,12-13,15,19H,2-5,9H2,1H3,(H,20,22)(H,21,23)/p+1/t12-,13+,15-/m1/s1. The molecule has 1 saturated heterocycles. The summed E-state index contributed by atoms with van der Waals surface area (Å²) in [7, 11) is 0. The van der Waals surface area contributed by atoms with E-state index in [9.17, 15) is 9.59 Å².